The third kappa shape index (κ3) is 6.69. The van der Waals surface area contributed by atoms with Gasteiger partial charge in [0, 0.05) is 57.2 Å². The number of benzene rings is 1. The fraction of sp³-hybridized carbons (Fsp3) is 0.400. The van der Waals surface area contributed by atoms with E-state index < -0.39 is 0 Å². The van der Waals surface area contributed by atoms with Crippen LogP contribution in [0.5, 0.6) is 0 Å². The smallest absolute Gasteiger partial charge is 0.227 e. The quantitative estimate of drug-likeness (QED) is 0.705. The molecule has 1 aliphatic heterocycles. The van der Waals surface area contributed by atoms with Crippen LogP contribution in [-0.2, 0) is 16.0 Å². The maximum Gasteiger partial charge on any atom is 0.227 e. The summed E-state index contributed by atoms with van der Waals surface area (Å²) in [5.74, 6) is 0.792. The number of anilines is 2. The molecule has 0 radical (unpaired) electrons. The van der Waals surface area contributed by atoms with Crippen LogP contribution in [-0.4, -0.2) is 66.5 Å². The van der Waals surface area contributed by atoms with Gasteiger partial charge >= 0.3 is 0 Å². The van der Waals surface area contributed by atoms with Crippen LogP contribution in [0.15, 0.2) is 42.7 Å². The van der Waals surface area contributed by atoms with Crippen molar-refractivity contribution in [1.82, 2.24) is 20.2 Å². The van der Waals surface area contributed by atoms with Crippen molar-refractivity contribution < 1.29 is 9.59 Å². The Kier molecular flexibility index (Phi) is 8.82. The summed E-state index contributed by atoms with van der Waals surface area (Å²) >= 11 is 0. The summed E-state index contributed by atoms with van der Waals surface area (Å²) in [5, 5.41) is 5.79. The van der Waals surface area contributed by atoms with Crippen molar-refractivity contribution in [2.75, 3.05) is 50.0 Å². The molecule has 0 aliphatic carbocycles. The Labute approximate surface area is 177 Å². The predicted molar refractivity (Wildman–Crippen MR) is 115 cm³/mol. The van der Waals surface area contributed by atoms with Crippen LogP contribution in [0.4, 0.5) is 11.6 Å². The molecule has 156 valence electrons. The van der Waals surface area contributed by atoms with Crippen molar-refractivity contribution in [1.29, 1.82) is 0 Å². The van der Waals surface area contributed by atoms with E-state index >= 15 is 0 Å². The highest BCUT2D eigenvalue weighted by atomic mass is 35.5. The topological polar surface area (TPSA) is 90.5 Å². The fourth-order valence-corrected chi connectivity index (χ4v) is 3.06. The maximum atomic E-state index is 12.6. The van der Waals surface area contributed by atoms with E-state index in [0.29, 0.717) is 38.4 Å². The number of amides is 2. The highest BCUT2D eigenvalue weighted by Gasteiger charge is 2.22. The lowest BCUT2D eigenvalue weighted by molar-refractivity contribution is -0.130. The summed E-state index contributed by atoms with van der Waals surface area (Å²) in [5.41, 5.74) is 1.68. The lowest BCUT2D eigenvalue weighted by Gasteiger charge is -2.34. The van der Waals surface area contributed by atoms with Gasteiger partial charge in [0.2, 0.25) is 17.8 Å². The molecule has 1 aromatic carbocycles. The number of halogens is 1. The predicted octanol–water partition coefficient (Wildman–Crippen LogP) is 1.34. The minimum absolute atomic E-state index is 0. The average Bonchev–Trinajstić information content (AvgIpc) is 2.74. The summed E-state index contributed by atoms with van der Waals surface area (Å²) in [4.78, 5) is 36.8. The van der Waals surface area contributed by atoms with E-state index in [9.17, 15) is 9.59 Å². The highest BCUT2D eigenvalue weighted by Crippen LogP contribution is 2.14. The lowest BCUT2D eigenvalue weighted by Crippen LogP contribution is -2.49. The van der Waals surface area contributed by atoms with Gasteiger partial charge in [-0.05, 0) is 30.8 Å². The monoisotopic (exact) mass is 418 g/mol. The van der Waals surface area contributed by atoms with E-state index in [2.05, 4.69) is 25.5 Å². The summed E-state index contributed by atoms with van der Waals surface area (Å²) in [7, 11) is 1.81. The number of nitrogens with zero attached hydrogens (tertiary/aromatic N) is 4. The largest absolute Gasteiger partial charge is 0.339 e. The number of nitrogens with one attached hydrogen (secondary N) is 2. The van der Waals surface area contributed by atoms with Gasteiger partial charge in [-0.3, -0.25) is 9.59 Å². The minimum Gasteiger partial charge on any atom is -0.339 e. The molecule has 29 heavy (non-hydrogen) atoms. The van der Waals surface area contributed by atoms with Crippen molar-refractivity contribution in [2.24, 2.45) is 0 Å². The van der Waals surface area contributed by atoms with Gasteiger partial charge in [-0.25, -0.2) is 9.97 Å². The fourth-order valence-electron chi connectivity index (χ4n) is 3.06. The second kappa shape index (κ2) is 11.3. The Balaban J connectivity index is 0.00000300. The van der Waals surface area contributed by atoms with Crippen LogP contribution in [0.1, 0.15) is 12.0 Å². The van der Waals surface area contributed by atoms with Crippen molar-refractivity contribution in [3.8, 4) is 0 Å². The molecule has 1 saturated heterocycles. The van der Waals surface area contributed by atoms with Crippen LogP contribution < -0.4 is 15.5 Å². The molecule has 2 aromatic rings. The van der Waals surface area contributed by atoms with E-state index in [1.807, 2.05) is 36.2 Å². The van der Waals surface area contributed by atoms with Crippen LogP contribution in [0.25, 0.3) is 0 Å². The molecule has 0 unspecified atom stereocenters. The first kappa shape index (κ1) is 22.6. The number of carbonyl (C=O) groups is 2. The molecule has 1 fully saturated rings. The molecule has 3 rings (SSSR count). The van der Waals surface area contributed by atoms with Gasteiger partial charge in [0.05, 0.1) is 6.42 Å². The van der Waals surface area contributed by atoms with Crippen LogP contribution in [0.3, 0.4) is 0 Å². The molecule has 8 nitrogen and oxygen atoms in total. The number of carbonyl (C=O) groups excluding carboxylic acids is 2. The Morgan fingerprint density at radius 3 is 2.31 bits per heavy atom. The van der Waals surface area contributed by atoms with Crippen molar-refractivity contribution >= 4 is 35.9 Å². The minimum atomic E-state index is -0.0292. The third-order valence-electron chi connectivity index (χ3n) is 4.66. The van der Waals surface area contributed by atoms with Crippen LogP contribution in [0, 0.1) is 0 Å². The Morgan fingerprint density at radius 2 is 1.69 bits per heavy atom. The first-order valence-corrected chi connectivity index (χ1v) is 9.49. The number of aromatic nitrogens is 2. The second-order valence-electron chi connectivity index (χ2n) is 6.69. The van der Waals surface area contributed by atoms with Crippen LogP contribution >= 0.6 is 12.4 Å². The van der Waals surface area contributed by atoms with Gasteiger partial charge in [0.25, 0.3) is 0 Å². The molecule has 1 aromatic heterocycles. The van der Waals surface area contributed by atoms with Crippen LogP contribution in [0.2, 0.25) is 0 Å². The van der Waals surface area contributed by atoms with Gasteiger partial charge in [-0.15, -0.1) is 12.4 Å². The third-order valence-corrected chi connectivity index (χ3v) is 4.66. The van der Waals surface area contributed by atoms with Crippen molar-refractivity contribution in [3.63, 3.8) is 0 Å². The van der Waals surface area contributed by atoms with E-state index in [-0.39, 0.29) is 24.2 Å². The average molecular weight is 419 g/mol. The van der Waals surface area contributed by atoms with Gasteiger partial charge in [-0.1, -0.05) is 12.1 Å². The molecule has 0 saturated carbocycles. The Morgan fingerprint density at radius 1 is 1.03 bits per heavy atom. The van der Waals surface area contributed by atoms with Crippen molar-refractivity contribution in [2.45, 2.75) is 12.8 Å². The summed E-state index contributed by atoms with van der Waals surface area (Å²) in [6.45, 7) is 3.43. The zero-order valence-electron chi connectivity index (χ0n) is 16.5. The van der Waals surface area contributed by atoms with Gasteiger partial charge in [0.1, 0.15) is 0 Å². The molecule has 9 heteroatoms. The summed E-state index contributed by atoms with van der Waals surface area (Å²) in [6, 6.07) is 9.25. The Bertz CT molecular complexity index is 779. The zero-order valence-corrected chi connectivity index (χ0v) is 17.3. The van der Waals surface area contributed by atoms with E-state index in [4.69, 9.17) is 0 Å². The molecule has 0 atom stereocenters. The molecule has 2 amide bonds. The van der Waals surface area contributed by atoms with E-state index in [1.54, 1.807) is 18.5 Å². The first-order valence-electron chi connectivity index (χ1n) is 9.49. The zero-order chi connectivity index (χ0) is 19.8. The normalized spacial score (nSPS) is 13.6. The Hall–Kier alpha value is -2.71. The second-order valence-corrected chi connectivity index (χ2v) is 6.69. The molecular formula is C20H27ClN6O2. The molecule has 1 aliphatic rings. The van der Waals surface area contributed by atoms with Gasteiger partial charge in [0.15, 0.2) is 0 Å². The van der Waals surface area contributed by atoms with Gasteiger partial charge in [-0.2, -0.15) is 0 Å². The number of piperazine rings is 1. The summed E-state index contributed by atoms with van der Waals surface area (Å²) in [6.07, 6.45) is 4.24. The molecule has 0 bridgehead atoms. The number of rotatable bonds is 7. The number of hydrogen-bond acceptors (Lipinski definition) is 6. The standard InChI is InChI=1S/C20H26N6O2.ClH/c1-21-10-7-18(27)24-17-5-3-16(4-6-17)15-19(28)25-11-13-26(14-12-25)20-22-8-2-9-23-20;/h2-6,8-9,21H,7,10-15H2,1H3,(H,24,27);1H. The van der Waals surface area contributed by atoms with Gasteiger partial charge < -0.3 is 20.4 Å². The summed E-state index contributed by atoms with van der Waals surface area (Å²) < 4.78 is 0. The number of hydrogen-bond donors (Lipinski definition) is 2. The van der Waals surface area contributed by atoms with Crippen molar-refractivity contribution in [3.05, 3.63) is 48.3 Å². The highest BCUT2D eigenvalue weighted by molar-refractivity contribution is 5.90. The molecule has 2 N–H and O–H groups in total. The lowest BCUT2D eigenvalue weighted by atomic mass is 10.1. The molecule has 0 spiro atoms. The maximum absolute atomic E-state index is 12.6. The van der Waals surface area contributed by atoms with E-state index in [1.165, 1.54) is 0 Å². The molecule has 2 heterocycles. The first-order chi connectivity index (χ1) is 13.7. The molecular weight excluding hydrogens is 392 g/mol. The SMILES string of the molecule is CNCCC(=O)Nc1ccc(CC(=O)N2CCN(c3ncccn3)CC2)cc1.Cl. The van der Waals surface area contributed by atoms with E-state index in [0.717, 1.165) is 24.3 Å².